The van der Waals surface area contributed by atoms with Crippen LogP contribution in [0, 0.1) is 6.92 Å². The Bertz CT molecular complexity index is 946. The lowest BCUT2D eigenvalue weighted by Gasteiger charge is -2.25. The van der Waals surface area contributed by atoms with Crippen LogP contribution in [0.3, 0.4) is 0 Å². The van der Waals surface area contributed by atoms with Crippen molar-refractivity contribution < 1.29 is 14.3 Å². The van der Waals surface area contributed by atoms with Gasteiger partial charge in [0.05, 0.1) is 17.2 Å². The van der Waals surface area contributed by atoms with Gasteiger partial charge in [0.25, 0.3) is 0 Å². The summed E-state index contributed by atoms with van der Waals surface area (Å²) in [5.41, 5.74) is 3.42. The smallest absolute Gasteiger partial charge is 0.341 e. The van der Waals surface area contributed by atoms with Crippen molar-refractivity contribution >= 4 is 17.2 Å². The second-order valence-electron chi connectivity index (χ2n) is 6.97. The number of aromatic carboxylic acids is 1. The molecule has 1 aliphatic rings. The molecule has 142 valence electrons. The zero-order valence-electron chi connectivity index (χ0n) is 15.7. The second-order valence-corrected chi connectivity index (χ2v) is 6.97. The van der Waals surface area contributed by atoms with Crippen molar-refractivity contribution in [2.75, 3.05) is 0 Å². The average molecular weight is 369 g/mol. The first-order valence-corrected chi connectivity index (χ1v) is 9.22. The summed E-state index contributed by atoms with van der Waals surface area (Å²) in [7, 11) is 0. The highest BCUT2D eigenvalue weighted by Crippen LogP contribution is 2.37. The minimum absolute atomic E-state index is 0.127. The largest absolute Gasteiger partial charge is 0.477 e. The topological polar surface area (TPSA) is 67.5 Å². The maximum Gasteiger partial charge on any atom is 0.341 e. The highest BCUT2D eigenvalue weighted by atomic mass is 19.1. The van der Waals surface area contributed by atoms with E-state index in [9.17, 15) is 14.3 Å². The van der Waals surface area contributed by atoms with Gasteiger partial charge in [-0.1, -0.05) is 38.0 Å². The van der Waals surface area contributed by atoms with Crippen molar-refractivity contribution in [2.45, 2.75) is 51.9 Å². The van der Waals surface area contributed by atoms with E-state index in [1.54, 1.807) is 29.8 Å². The van der Waals surface area contributed by atoms with Crippen molar-refractivity contribution in [3.8, 4) is 0 Å². The van der Waals surface area contributed by atoms with E-state index in [1.165, 1.54) is 19.4 Å². The predicted molar refractivity (Wildman–Crippen MR) is 104 cm³/mol. The van der Waals surface area contributed by atoms with Crippen LogP contribution in [0.1, 0.15) is 72.3 Å². The van der Waals surface area contributed by atoms with E-state index < -0.39 is 5.97 Å². The number of carboxylic acid groups (broad SMARTS) is 1. The van der Waals surface area contributed by atoms with Crippen molar-refractivity contribution in [1.29, 1.82) is 0 Å². The van der Waals surface area contributed by atoms with Gasteiger partial charge in [0.1, 0.15) is 5.56 Å². The van der Waals surface area contributed by atoms with Crippen molar-refractivity contribution in [1.82, 2.24) is 14.6 Å². The van der Waals surface area contributed by atoms with Gasteiger partial charge in [-0.15, -0.1) is 0 Å². The van der Waals surface area contributed by atoms with Crippen LogP contribution in [-0.2, 0) is 0 Å². The van der Waals surface area contributed by atoms with Crippen LogP contribution < -0.4 is 0 Å². The quantitative estimate of drug-likeness (QED) is 0.733. The average Bonchev–Trinajstić information content (AvgIpc) is 2.98. The Labute approximate surface area is 157 Å². The molecule has 1 fully saturated rings. The number of aromatic nitrogens is 3. The summed E-state index contributed by atoms with van der Waals surface area (Å²) < 4.78 is 14.9. The number of hydrogen-bond acceptors (Lipinski definition) is 3. The van der Waals surface area contributed by atoms with Crippen LogP contribution >= 0.6 is 0 Å². The van der Waals surface area contributed by atoms with Gasteiger partial charge < -0.3 is 5.11 Å². The van der Waals surface area contributed by atoms with Gasteiger partial charge in [0.2, 0.25) is 0 Å². The molecule has 2 heterocycles. The maximum atomic E-state index is 13.3. The lowest BCUT2D eigenvalue weighted by Crippen LogP contribution is -2.14. The zero-order chi connectivity index (χ0) is 19.6. The van der Waals surface area contributed by atoms with Crippen LogP contribution in [0.4, 0.5) is 4.39 Å². The Kier molecular flexibility index (Phi) is 5.54. The van der Waals surface area contributed by atoms with Crippen LogP contribution in [0.5, 0.6) is 0 Å². The Balaban J connectivity index is 2.30. The lowest BCUT2D eigenvalue weighted by atomic mass is 9.84. The van der Waals surface area contributed by atoms with Crippen LogP contribution in [-0.4, -0.2) is 25.7 Å². The number of hydrogen-bond donors (Lipinski definition) is 1. The molecule has 0 unspecified atom stereocenters. The SMILES string of the molecule is C=C/C(=C\C=C(/C)F)c1cnc2c(C(=O)O)c(C)nn2c1C1CCCCC1. The number of rotatable bonds is 5. The zero-order valence-corrected chi connectivity index (χ0v) is 15.7. The molecule has 0 saturated heterocycles. The maximum absolute atomic E-state index is 13.3. The van der Waals surface area contributed by atoms with Gasteiger partial charge in [-0.05, 0) is 38.3 Å². The molecule has 6 heteroatoms. The molecule has 5 nitrogen and oxygen atoms in total. The Morgan fingerprint density at radius 3 is 2.63 bits per heavy atom. The molecule has 3 rings (SSSR count). The van der Waals surface area contributed by atoms with E-state index in [0.717, 1.165) is 42.5 Å². The molecule has 0 spiro atoms. The van der Waals surface area contributed by atoms with E-state index in [4.69, 9.17) is 0 Å². The van der Waals surface area contributed by atoms with Gasteiger partial charge in [-0.25, -0.2) is 18.7 Å². The molecular weight excluding hydrogens is 345 g/mol. The minimum Gasteiger partial charge on any atom is -0.477 e. The van der Waals surface area contributed by atoms with Gasteiger partial charge in [-0.2, -0.15) is 5.10 Å². The standard InChI is InChI=1S/C21H24FN3O2/c1-4-15(11-10-13(2)22)17-12-23-20-18(21(26)27)14(3)24-25(20)19(17)16-8-6-5-7-9-16/h4,10-12,16H,1,5-9H2,2-3H3,(H,26,27)/b13-10+,15-11+. The van der Waals surface area contributed by atoms with Crippen molar-refractivity contribution in [3.05, 3.63) is 59.3 Å². The molecule has 0 bridgehead atoms. The van der Waals surface area contributed by atoms with Gasteiger partial charge >= 0.3 is 5.97 Å². The molecule has 0 radical (unpaired) electrons. The first-order valence-electron chi connectivity index (χ1n) is 9.22. The number of carboxylic acids is 1. The van der Waals surface area contributed by atoms with E-state index in [0.29, 0.717) is 11.3 Å². The molecule has 1 N–H and O–H groups in total. The molecule has 2 aromatic rings. The highest BCUT2D eigenvalue weighted by Gasteiger charge is 2.26. The first-order chi connectivity index (χ1) is 12.9. The van der Waals surface area contributed by atoms with Crippen molar-refractivity contribution in [3.63, 3.8) is 0 Å². The third-order valence-corrected chi connectivity index (χ3v) is 5.09. The fraction of sp³-hybridized carbons (Fsp3) is 0.381. The molecular formula is C21H24FN3O2. The number of halogens is 1. The normalized spacial score (nSPS) is 16.7. The van der Waals surface area contributed by atoms with Crippen LogP contribution in [0.15, 0.2) is 36.8 Å². The Morgan fingerprint density at radius 2 is 2.04 bits per heavy atom. The van der Waals surface area contributed by atoms with E-state index in [-0.39, 0.29) is 17.3 Å². The highest BCUT2D eigenvalue weighted by molar-refractivity contribution is 5.96. The monoisotopic (exact) mass is 369 g/mol. The number of fused-ring (bicyclic) bond motifs is 1. The molecule has 27 heavy (non-hydrogen) atoms. The van der Waals surface area contributed by atoms with Gasteiger partial charge in [0.15, 0.2) is 5.65 Å². The van der Waals surface area contributed by atoms with E-state index in [1.807, 2.05) is 0 Å². The number of aryl methyl sites for hydroxylation is 1. The van der Waals surface area contributed by atoms with Gasteiger partial charge in [0, 0.05) is 17.7 Å². The molecule has 0 atom stereocenters. The molecule has 0 amide bonds. The third-order valence-electron chi connectivity index (χ3n) is 5.09. The summed E-state index contributed by atoms with van der Waals surface area (Å²) >= 11 is 0. The van der Waals surface area contributed by atoms with Crippen LogP contribution in [0.25, 0.3) is 11.2 Å². The Hall–Kier alpha value is -2.76. The summed E-state index contributed by atoms with van der Waals surface area (Å²) in [6, 6.07) is 0. The number of allylic oxidation sites excluding steroid dienone is 5. The fourth-order valence-corrected chi connectivity index (χ4v) is 3.82. The first kappa shape index (κ1) is 19.0. The lowest BCUT2D eigenvalue weighted by molar-refractivity contribution is 0.0698. The van der Waals surface area contributed by atoms with Crippen LogP contribution in [0.2, 0.25) is 0 Å². The number of nitrogens with zero attached hydrogens (tertiary/aromatic N) is 3. The third kappa shape index (κ3) is 3.70. The van der Waals surface area contributed by atoms with E-state index in [2.05, 4.69) is 16.7 Å². The van der Waals surface area contributed by atoms with Gasteiger partial charge in [-0.3, -0.25) is 0 Å². The molecule has 1 saturated carbocycles. The summed E-state index contributed by atoms with van der Waals surface area (Å²) in [6.07, 6.45) is 11.9. The van der Waals surface area contributed by atoms with Crippen molar-refractivity contribution in [2.24, 2.45) is 0 Å². The summed E-state index contributed by atoms with van der Waals surface area (Å²) in [6.45, 7) is 6.93. The molecule has 1 aliphatic carbocycles. The summed E-state index contributed by atoms with van der Waals surface area (Å²) in [4.78, 5) is 16.1. The number of carbonyl (C=O) groups is 1. The summed E-state index contributed by atoms with van der Waals surface area (Å²) in [5.74, 6) is -1.09. The summed E-state index contributed by atoms with van der Waals surface area (Å²) in [5, 5.41) is 14.1. The molecule has 2 aromatic heterocycles. The molecule has 0 aromatic carbocycles. The predicted octanol–water partition coefficient (Wildman–Crippen LogP) is 5.23. The fourth-order valence-electron chi connectivity index (χ4n) is 3.82. The minimum atomic E-state index is -1.03. The van der Waals surface area contributed by atoms with E-state index >= 15 is 0 Å². The molecule has 0 aliphatic heterocycles. The Morgan fingerprint density at radius 1 is 1.33 bits per heavy atom. The second kappa shape index (κ2) is 7.86.